The summed E-state index contributed by atoms with van der Waals surface area (Å²) in [6.45, 7) is 1.95. The van der Waals surface area contributed by atoms with Gasteiger partial charge in [0.15, 0.2) is 0 Å². The minimum atomic E-state index is 0.283. The van der Waals surface area contributed by atoms with Gasteiger partial charge in [-0.3, -0.25) is 4.57 Å². The Morgan fingerprint density at radius 3 is 2.95 bits per heavy atom. The van der Waals surface area contributed by atoms with E-state index >= 15 is 0 Å². The monoisotopic (exact) mass is 333 g/mol. The highest BCUT2D eigenvalue weighted by Gasteiger charge is 2.27. The van der Waals surface area contributed by atoms with Crippen molar-refractivity contribution >= 4 is 40.8 Å². The van der Waals surface area contributed by atoms with Gasteiger partial charge in [-0.2, -0.15) is 5.26 Å². The van der Waals surface area contributed by atoms with Crippen LogP contribution in [0.15, 0.2) is 41.0 Å². The molecule has 1 unspecified atom stereocenters. The van der Waals surface area contributed by atoms with Crippen molar-refractivity contribution in [3.8, 4) is 6.07 Å². The van der Waals surface area contributed by atoms with Gasteiger partial charge in [-0.25, -0.2) is 4.98 Å². The van der Waals surface area contributed by atoms with E-state index in [1.807, 2.05) is 29.7 Å². The fraction of sp³-hybridized carbons (Fsp3) is 0.200. The molecule has 21 heavy (non-hydrogen) atoms. The second kappa shape index (κ2) is 6.18. The normalized spacial score (nSPS) is 20.3. The summed E-state index contributed by atoms with van der Waals surface area (Å²) < 4.78 is 2.87. The highest BCUT2D eigenvalue weighted by Crippen LogP contribution is 2.53. The van der Waals surface area contributed by atoms with Gasteiger partial charge in [-0.1, -0.05) is 29.8 Å². The Bertz CT molecular complexity index is 745. The van der Waals surface area contributed by atoms with E-state index in [1.54, 1.807) is 36.0 Å². The molecule has 1 aliphatic heterocycles. The van der Waals surface area contributed by atoms with Gasteiger partial charge in [0.1, 0.15) is 11.8 Å². The van der Waals surface area contributed by atoms with Crippen LogP contribution in [0.2, 0.25) is 5.02 Å². The molecule has 0 saturated carbocycles. The lowest BCUT2D eigenvalue weighted by atomic mass is 10.2. The summed E-state index contributed by atoms with van der Waals surface area (Å²) >= 11 is 9.68. The van der Waals surface area contributed by atoms with Gasteiger partial charge in [0.2, 0.25) is 0 Å². The smallest absolute Gasteiger partial charge is 0.145 e. The first kappa shape index (κ1) is 14.6. The van der Waals surface area contributed by atoms with Gasteiger partial charge in [-0.05, 0) is 18.6 Å². The van der Waals surface area contributed by atoms with Crippen LogP contribution in [0, 0.1) is 18.3 Å². The summed E-state index contributed by atoms with van der Waals surface area (Å²) in [6.07, 6.45) is 3.44. The number of aryl methyl sites for hydroxylation is 1. The molecule has 6 heteroatoms. The molecule has 2 heterocycles. The Morgan fingerprint density at radius 1 is 1.48 bits per heavy atom. The average Bonchev–Trinajstić information content (AvgIpc) is 3.11. The number of thioether (sulfide) groups is 2. The summed E-state index contributed by atoms with van der Waals surface area (Å²) in [4.78, 5) is 4.09. The zero-order valence-electron chi connectivity index (χ0n) is 11.3. The van der Waals surface area contributed by atoms with Crippen LogP contribution in [-0.4, -0.2) is 15.3 Å². The third kappa shape index (κ3) is 2.84. The summed E-state index contributed by atoms with van der Waals surface area (Å²) in [5, 5.41) is 10.6. The maximum Gasteiger partial charge on any atom is 0.145 e. The second-order valence-electron chi connectivity index (χ2n) is 4.59. The van der Waals surface area contributed by atoms with E-state index < -0.39 is 0 Å². The van der Waals surface area contributed by atoms with Gasteiger partial charge < -0.3 is 0 Å². The van der Waals surface area contributed by atoms with Crippen molar-refractivity contribution in [2.24, 2.45) is 0 Å². The third-order valence-corrected chi connectivity index (χ3v) is 6.50. The number of hydrogen-bond acceptors (Lipinski definition) is 4. The molecular weight excluding hydrogens is 322 g/mol. The summed E-state index contributed by atoms with van der Waals surface area (Å²) in [5.74, 6) is 0.919. The van der Waals surface area contributed by atoms with Crippen LogP contribution in [0.3, 0.4) is 0 Å². The first-order valence-corrected chi connectivity index (χ1v) is 8.62. The van der Waals surface area contributed by atoms with Crippen LogP contribution >= 0.6 is 35.1 Å². The highest BCUT2D eigenvalue weighted by molar-refractivity contribution is 8.25. The number of hydrogen-bond donors (Lipinski definition) is 0. The van der Waals surface area contributed by atoms with E-state index in [2.05, 4.69) is 17.1 Å². The molecule has 0 radical (unpaired) electrons. The van der Waals surface area contributed by atoms with Crippen molar-refractivity contribution in [1.82, 2.24) is 9.55 Å². The molecular formula is C15H12ClN3S2. The zero-order chi connectivity index (χ0) is 14.8. The van der Waals surface area contributed by atoms with Crippen molar-refractivity contribution in [3.05, 3.63) is 57.3 Å². The average molecular weight is 334 g/mol. The van der Waals surface area contributed by atoms with E-state index in [1.165, 1.54) is 0 Å². The first-order valence-electron chi connectivity index (χ1n) is 6.38. The Labute approximate surface area is 137 Å². The molecule has 1 aromatic heterocycles. The molecule has 1 atom stereocenters. The fourth-order valence-corrected chi connectivity index (χ4v) is 5.40. The fourth-order valence-electron chi connectivity index (χ4n) is 2.16. The van der Waals surface area contributed by atoms with Crippen molar-refractivity contribution in [1.29, 1.82) is 5.26 Å². The van der Waals surface area contributed by atoms with Gasteiger partial charge >= 0.3 is 0 Å². The number of aromatic nitrogens is 2. The summed E-state index contributed by atoms with van der Waals surface area (Å²) in [7, 11) is 0. The summed E-state index contributed by atoms with van der Waals surface area (Å²) in [6, 6.07) is 10.2. The summed E-state index contributed by atoms with van der Waals surface area (Å²) in [5.41, 5.74) is 2.74. The van der Waals surface area contributed by atoms with Gasteiger partial charge in [0.25, 0.3) is 0 Å². The number of imidazole rings is 1. The van der Waals surface area contributed by atoms with Crippen LogP contribution in [0.1, 0.15) is 16.5 Å². The molecule has 1 fully saturated rings. The Hall–Kier alpha value is -1.35. The number of allylic oxidation sites excluding steroid dienone is 1. The highest BCUT2D eigenvalue weighted by atomic mass is 35.5. The van der Waals surface area contributed by atoms with E-state index in [4.69, 9.17) is 11.6 Å². The first-order chi connectivity index (χ1) is 10.2. The molecule has 0 amide bonds. The Balaban J connectivity index is 1.93. The number of nitriles is 1. The van der Waals surface area contributed by atoms with E-state index in [-0.39, 0.29) is 5.25 Å². The lowest BCUT2D eigenvalue weighted by Crippen LogP contribution is -1.96. The topological polar surface area (TPSA) is 41.6 Å². The molecule has 3 nitrogen and oxygen atoms in total. The van der Waals surface area contributed by atoms with E-state index in [9.17, 15) is 5.26 Å². The number of nitrogens with zero attached hydrogens (tertiary/aromatic N) is 3. The lowest BCUT2D eigenvalue weighted by molar-refractivity contribution is 1.04. The SMILES string of the molecule is Cc1cncn1C(C#N)=C1SCC(c2ccccc2Cl)S1. The molecule has 0 spiro atoms. The molecule has 2 aromatic rings. The zero-order valence-corrected chi connectivity index (χ0v) is 13.7. The largest absolute Gasteiger partial charge is 0.293 e. The predicted molar refractivity (Wildman–Crippen MR) is 90.0 cm³/mol. The predicted octanol–water partition coefficient (Wildman–Crippen LogP) is 4.72. The number of benzene rings is 1. The third-order valence-electron chi connectivity index (χ3n) is 3.23. The molecule has 0 aliphatic carbocycles. The standard InChI is InChI=1S/C15H12ClN3S2/c1-10-7-18-9-19(10)13(6-17)15-20-8-14(21-15)11-4-2-3-5-12(11)16/h2-5,7,9,14H,8H2,1H3. The molecule has 0 bridgehead atoms. The Morgan fingerprint density at radius 2 is 2.29 bits per heavy atom. The quantitative estimate of drug-likeness (QED) is 0.746. The van der Waals surface area contributed by atoms with Crippen LogP contribution in [0.4, 0.5) is 0 Å². The minimum Gasteiger partial charge on any atom is -0.293 e. The maximum atomic E-state index is 9.48. The number of halogens is 1. The second-order valence-corrected chi connectivity index (χ2v) is 7.50. The van der Waals surface area contributed by atoms with Crippen LogP contribution in [0.5, 0.6) is 0 Å². The van der Waals surface area contributed by atoms with Gasteiger partial charge in [0, 0.05) is 27.9 Å². The molecule has 1 aromatic carbocycles. The van der Waals surface area contributed by atoms with Crippen molar-refractivity contribution in [2.45, 2.75) is 12.2 Å². The molecule has 1 aliphatic rings. The van der Waals surface area contributed by atoms with Crippen molar-refractivity contribution in [3.63, 3.8) is 0 Å². The lowest BCUT2D eigenvalue weighted by Gasteiger charge is -2.10. The molecule has 3 rings (SSSR count). The van der Waals surface area contributed by atoms with Crippen LogP contribution in [-0.2, 0) is 0 Å². The molecule has 106 valence electrons. The van der Waals surface area contributed by atoms with Crippen molar-refractivity contribution in [2.75, 3.05) is 5.75 Å². The number of rotatable bonds is 2. The van der Waals surface area contributed by atoms with E-state index in [0.29, 0.717) is 5.70 Å². The van der Waals surface area contributed by atoms with Crippen LogP contribution in [0.25, 0.3) is 5.70 Å². The maximum absolute atomic E-state index is 9.48. The molecule has 0 N–H and O–H groups in total. The van der Waals surface area contributed by atoms with E-state index in [0.717, 1.165) is 26.3 Å². The van der Waals surface area contributed by atoms with Gasteiger partial charge in [0.05, 0.1) is 10.6 Å². The van der Waals surface area contributed by atoms with Gasteiger partial charge in [-0.15, -0.1) is 23.5 Å². The molecule has 1 saturated heterocycles. The minimum absolute atomic E-state index is 0.283. The van der Waals surface area contributed by atoms with Crippen LogP contribution < -0.4 is 0 Å². The van der Waals surface area contributed by atoms with Crippen molar-refractivity contribution < 1.29 is 0 Å². The Kier molecular flexibility index (Phi) is 4.29.